The fourth-order valence-electron chi connectivity index (χ4n) is 4.36. The third-order valence-corrected chi connectivity index (χ3v) is 6.19. The average Bonchev–Trinajstić information content (AvgIpc) is 2.83. The van der Waals surface area contributed by atoms with Gasteiger partial charge in [0.15, 0.2) is 0 Å². The number of aliphatic hydroxyl groups is 1. The van der Waals surface area contributed by atoms with E-state index in [1.165, 1.54) is 22.4 Å². The molecule has 1 saturated heterocycles. The number of hydrogen-bond acceptors (Lipinski definition) is 7. The first-order valence-corrected chi connectivity index (χ1v) is 11.3. The highest BCUT2D eigenvalue weighted by Crippen LogP contribution is 2.18. The lowest BCUT2D eigenvalue weighted by Crippen LogP contribution is -2.42. The van der Waals surface area contributed by atoms with E-state index in [4.69, 9.17) is 5.11 Å². The normalized spacial score (nSPS) is 17.8. The Morgan fingerprint density at radius 2 is 1.88 bits per heavy atom. The molecular weight excluding hydrogens is 424 g/mol. The molecule has 4 rings (SSSR count). The number of β-amino-alcohol motifs (C(OH)–C–C–N with tert-alkyl or cyclic N) is 1. The monoisotopic (exact) mass is 454 g/mol. The van der Waals surface area contributed by atoms with Crippen molar-refractivity contribution in [1.29, 1.82) is 0 Å². The minimum Gasteiger partial charge on any atom is -0.465 e. The van der Waals surface area contributed by atoms with Gasteiger partial charge < -0.3 is 25.7 Å². The lowest BCUT2D eigenvalue weighted by atomic mass is 10.00. The van der Waals surface area contributed by atoms with Crippen molar-refractivity contribution in [1.82, 2.24) is 25.1 Å². The number of likely N-dealkylation sites (tertiary alicyclic amines) is 1. The first kappa shape index (κ1) is 22.9. The third-order valence-electron chi connectivity index (χ3n) is 6.19. The van der Waals surface area contributed by atoms with E-state index in [9.17, 15) is 14.7 Å². The summed E-state index contributed by atoms with van der Waals surface area (Å²) in [5.74, 6) is 0.153. The van der Waals surface area contributed by atoms with Crippen LogP contribution < -0.4 is 10.6 Å². The van der Waals surface area contributed by atoms with Gasteiger partial charge in [-0.05, 0) is 30.4 Å². The van der Waals surface area contributed by atoms with Crippen molar-refractivity contribution in [3.8, 4) is 0 Å². The Labute approximate surface area is 192 Å². The molecule has 2 aliphatic heterocycles. The van der Waals surface area contributed by atoms with Gasteiger partial charge in [0.05, 0.1) is 6.10 Å². The number of rotatable bonds is 7. The number of carbonyl (C=O) groups excluding carboxylic acids is 1. The first-order valence-electron chi connectivity index (χ1n) is 11.3. The number of nitrogens with one attached hydrogen (secondary N) is 2. The molecule has 4 N–H and O–H groups in total. The van der Waals surface area contributed by atoms with E-state index in [1.54, 1.807) is 6.07 Å². The molecule has 1 unspecified atom stereocenters. The van der Waals surface area contributed by atoms with Gasteiger partial charge in [-0.1, -0.05) is 24.3 Å². The lowest BCUT2D eigenvalue weighted by Gasteiger charge is -2.30. The molecule has 0 bridgehead atoms. The molecule has 0 aliphatic carbocycles. The van der Waals surface area contributed by atoms with Crippen LogP contribution in [0.15, 0.2) is 36.7 Å². The largest absolute Gasteiger partial charge is 0.465 e. The Morgan fingerprint density at radius 1 is 1.12 bits per heavy atom. The summed E-state index contributed by atoms with van der Waals surface area (Å²) in [6.07, 6.45) is 2.04. The van der Waals surface area contributed by atoms with Gasteiger partial charge in [-0.2, -0.15) is 0 Å². The van der Waals surface area contributed by atoms with Gasteiger partial charge in [-0.3, -0.25) is 9.69 Å². The van der Waals surface area contributed by atoms with Crippen LogP contribution in [0, 0.1) is 0 Å². The van der Waals surface area contributed by atoms with Crippen LogP contribution in [0.3, 0.4) is 0 Å². The highest BCUT2D eigenvalue weighted by molar-refractivity contribution is 5.92. The molecule has 1 atom stereocenters. The number of benzene rings is 1. The summed E-state index contributed by atoms with van der Waals surface area (Å²) in [5, 5.41) is 25.5. The van der Waals surface area contributed by atoms with E-state index in [-0.39, 0.29) is 24.2 Å². The minimum atomic E-state index is -0.901. The number of anilines is 1. The maximum Gasteiger partial charge on any atom is 0.407 e. The van der Waals surface area contributed by atoms with Gasteiger partial charge in [-0.15, -0.1) is 0 Å². The molecule has 0 saturated carbocycles. The molecular formula is C23H30N6O4. The van der Waals surface area contributed by atoms with E-state index in [0.29, 0.717) is 38.3 Å². The summed E-state index contributed by atoms with van der Waals surface area (Å²) in [6.45, 7) is 3.23. The summed E-state index contributed by atoms with van der Waals surface area (Å²) in [6, 6.07) is 10.0. The van der Waals surface area contributed by atoms with Crippen molar-refractivity contribution < 1.29 is 19.8 Å². The van der Waals surface area contributed by atoms with Crippen LogP contribution in [0.5, 0.6) is 0 Å². The van der Waals surface area contributed by atoms with E-state index < -0.39 is 12.2 Å². The fraction of sp³-hybridized carbons (Fsp3) is 0.478. The number of carbonyl (C=O) groups is 2. The molecule has 176 valence electrons. The second-order valence-corrected chi connectivity index (χ2v) is 8.59. The van der Waals surface area contributed by atoms with Gasteiger partial charge >= 0.3 is 6.09 Å². The van der Waals surface area contributed by atoms with Crippen molar-refractivity contribution in [2.24, 2.45) is 0 Å². The smallest absolute Gasteiger partial charge is 0.407 e. The summed E-state index contributed by atoms with van der Waals surface area (Å²) >= 11 is 0. The highest BCUT2D eigenvalue weighted by atomic mass is 16.4. The van der Waals surface area contributed by atoms with Gasteiger partial charge in [0.25, 0.3) is 5.91 Å². The number of hydrogen-bond donors (Lipinski definition) is 4. The molecule has 2 amide bonds. The molecule has 2 aliphatic rings. The molecule has 0 radical (unpaired) electrons. The molecule has 1 aromatic heterocycles. The number of fused-ring (bicyclic) bond motifs is 1. The number of aliphatic hydroxyl groups excluding tert-OH is 1. The van der Waals surface area contributed by atoms with Crippen LogP contribution in [0.25, 0.3) is 0 Å². The SMILES string of the molecule is O=C(NCC(O)CN1CCc2ccccc2C1)c1cc(NC2CCN(C(=O)O)CC2)ncn1. The number of aromatic nitrogens is 2. The zero-order valence-electron chi connectivity index (χ0n) is 18.5. The summed E-state index contributed by atoms with van der Waals surface area (Å²) < 4.78 is 0. The van der Waals surface area contributed by atoms with Crippen LogP contribution >= 0.6 is 0 Å². The van der Waals surface area contributed by atoms with E-state index in [2.05, 4.69) is 43.7 Å². The first-order chi connectivity index (χ1) is 16.0. The van der Waals surface area contributed by atoms with Crippen LogP contribution in [-0.4, -0.2) is 86.9 Å². The van der Waals surface area contributed by atoms with Gasteiger partial charge in [-0.25, -0.2) is 14.8 Å². The Kier molecular flexibility index (Phi) is 7.36. The Morgan fingerprint density at radius 3 is 2.64 bits per heavy atom. The number of nitrogens with zero attached hydrogens (tertiary/aromatic N) is 4. The summed E-state index contributed by atoms with van der Waals surface area (Å²) in [7, 11) is 0. The Hall–Kier alpha value is -3.24. The molecule has 0 spiro atoms. The average molecular weight is 455 g/mol. The van der Waals surface area contributed by atoms with Gasteiger partial charge in [0, 0.05) is 51.4 Å². The molecule has 2 aromatic rings. The van der Waals surface area contributed by atoms with Crippen LogP contribution in [0.1, 0.15) is 34.5 Å². The van der Waals surface area contributed by atoms with E-state index in [0.717, 1.165) is 19.5 Å². The zero-order chi connectivity index (χ0) is 23.2. The molecule has 10 nitrogen and oxygen atoms in total. The van der Waals surface area contributed by atoms with Crippen LogP contribution in [0.4, 0.5) is 10.6 Å². The summed E-state index contributed by atoms with van der Waals surface area (Å²) in [5.41, 5.74) is 2.86. The second kappa shape index (κ2) is 10.6. The summed E-state index contributed by atoms with van der Waals surface area (Å²) in [4.78, 5) is 35.4. The number of piperidine rings is 1. The van der Waals surface area contributed by atoms with E-state index >= 15 is 0 Å². The molecule has 1 aromatic carbocycles. The molecule has 3 heterocycles. The van der Waals surface area contributed by atoms with Gasteiger partial charge in [0.1, 0.15) is 17.8 Å². The van der Waals surface area contributed by atoms with Crippen molar-refractivity contribution in [3.63, 3.8) is 0 Å². The van der Waals surface area contributed by atoms with Crippen molar-refractivity contribution >= 4 is 17.8 Å². The van der Waals surface area contributed by atoms with Crippen molar-refractivity contribution in [2.45, 2.75) is 38.0 Å². The fourth-order valence-corrected chi connectivity index (χ4v) is 4.36. The lowest BCUT2D eigenvalue weighted by molar-refractivity contribution is 0.0838. The van der Waals surface area contributed by atoms with Gasteiger partial charge in [0.2, 0.25) is 0 Å². The maximum absolute atomic E-state index is 12.5. The minimum absolute atomic E-state index is 0.0860. The molecule has 10 heteroatoms. The van der Waals surface area contributed by atoms with Crippen molar-refractivity contribution in [2.75, 3.05) is 38.0 Å². The number of amides is 2. The topological polar surface area (TPSA) is 131 Å². The Bertz CT molecular complexity index is 979. The zero-order valence-corrected chi connectivity index (χ0v) is 18.5. The molecule has 1 fully saturated rings. The standard InChI is InChI=1S/C23H30N6O4/c30-19(14-28-8-5-16-3-1-2-4-17(16)13-28)12-24-22(31)20-11-21(26-15-25-20)27-18-6-9-29(10-7-18)23(32)33/h1-4,11,15,18-19,30H,5-10,12-14H2,(H,24,31)(H,32,33)(H,25,26,27). The predicted molar refractivity (Wildman–Crippen MR) is 122 cm³/mol. The number of carboxylic acid groups (broad SMARTS) is 1. The quantitative estimate of drug-likeness (QED) is 0.491. The Balaban J connectivity index is 1.23. The van der Waals surface area contributed by atoms with Crippen molar-refractivity contribution in [3.05, 3.63) is 53.5 Å². The second-order valence-electron chi connectivity index (χ2n) is 8.59. The maximum atomic E-state index is 12.5. The van der Waals surface area contributed by atoms with Crippen LogP contribution in [0.2, 0.25) is 0 Å². The third kappa shape index (κ3) is 6.17. The molecule has 33 heavy (non-hydrogen) atoms. The van der Waals surface area contributed by atoms with E-state index in [1.807, 2.05) is 6.07 Å². The highest BCUT2D eigenvalue weighted by Gasteiger charge is 2.23. The predicted octanol–water partition coefficient (Wildman–Crippen LogP) is 1.18. The van der Waals surface area contributed by atoms with Crippen LogP contribution in [-0.2, 0) is 13.0 Å².